The zero-order chi connectivity index (χ0) is 11.4. The van der Waals surface area contributed by atoms with Crippen molar-refractivity contribution in [3.05, 3.63) is 55.6 Å². The molecule has 84 valence electrons. The van der Waals surface area contributed by atoms with Crippen LogP contribution in [-0.4, -0.2) is 0 Å². The Bertz CT molecular complexity index is 450. The highest BCUT2D eigenvalue weighted by molar-refractivity contribution is 9.10. The smallest absolute Gasteiger partial charge is 0.0406 e. The van der Waals surface area contributed by atoms with Crippen LogP contribution in [0.2, 0.25) is 5.02 Å². The first-order valence-corrected chi connectivity index (χ1v) is 8.00. The Hall–Kier alpha value is 0.0400. The highest BCUT2D eigenvalue weighted by Gasteiger charge is 2.01. The van der Waals surface area contributed by atoms with Crippen LogP contribution in [-0.2, 0) is 11.5 Å². The van der Waals surface area contributed by atoms with Crippen LogP contribution in [0.1, 0.15) is 10.4 Å². The lowest BCUT2D eigenvalue weighted by Gasteiger charge is -2.01. The number of thiophene rings is 1. The molecule has 0 bridgehead atoms. The normalized spacial score (nSPS) is 10.6. The van der Waals surface area contributed by atoms with Gasteiger partial charge in [0.15, 0.2) is 0 Å². The van der Waals surface area contributed by atoms with Crippen LogP contribution in [0.25, 0.3) is 0 Å². The van der Waals surface area contributed by atoms with E-state index < -0.39 is 0 Å². The predicted molar refractivity (Wildman–Crippen MR) is 78.5 cm³/mol. The average Bonchev–Trinajstić information content (AvgIpc) is 2.68. The Morgan fingerprint density at radius 1 is 1.12 bits per heavy atom. The second-order valence-electron chi connectivity index (χ2n) is 3.31. The van der Waals surface area contributed by atoms with E-state index in [9.17, 15) is 0 Å². The first-order valence-electron chi connectivity index (χ1n) is 4.80. The van der Waals surface area contributed by atoms with E-state index in [0.29, 0.717) is 0 Å². The molecule has 0 fully saturated rings. The third-order valence-corrected chi connectivity index (χ3v) is 5.50. The van der Waals surface area contributed by atoms with Gasteiger partial charge in [-0.3, -0.25) is 0 Å². The van der Waals surface area contributed by atoms with Gasteiger partial charge in [0, 0.05) is 25.9 Å². The number of hydrogen-bond donors (Lipinski definition) is 0. The fourth-order valence-electron chi connectivity index (χ4n) is 1.27. The molecule has 16 heavy (non-hydrogen) atoms. The summed E-state index contributed by atoms with van der Waals surface area (Å²) in [6.45, 7) is 0. The Morgan fingerprint density at radius 3 is 2.50 bits per heavy atom. The van der Waals surface area contributed by atoms with E-state index in [4.69, 9.17) is 11.6 Å². The molecule has 4 heteroatoms. The van der Waals surface area contributed by atoms with Gasteiger partial charge in [0.1, 0.15) is 0 Å². The quantitative estimate of drug-likeness (QED) is 0.702. The summed E-state index contributed by atoms with van der Waals surface area (Å²) in [6.07, 6.45) is 0. The van der Waals surface area contributed by atoms with Crippen molar-refractivity contribution in [2.45, 2.75) is 11.5 Å². The predicted octanol–water partition coefficient (Wildman–Crippen LogP) is 5.60. The number of thioether (sulfide) groups is 1. The fourth-order valence-corrected chi connectivity index (χ4v) is 4.25. The van der Waals surface area contributed by atoms with Crippen molar-refractivity contribution >= 4 is 50.6 Å². The average molecular weight is 334 g/mol. The molecule has 0 radical (unpaired) electrons. The maximum atomic E-state index is 5.84. The molecule has 1 aromatic carbocycles. The summed E-state index contributed by atoms with van der Waals surface area (Å²) in [5, 5.41) is 2.91. The lowest BCUT2D eigenvalue weighted by molar-refractivity contribution is 1.39. The zero-order valence-corrected chi connectivity index (χ0v) is 12.4. The minimum Gasteiger partial charge on any atom is -0.152 e. The Morgan fingerprint density at radius 2 is 1.88 bits per heavy atom. The monoisotopic (exact) mass is 332 g/mol. The van der Waals surface area contributed by atoms with Crippen LogP contribution in [0.15, 0.2) is 40.2 Å². The van der Waals surface area contributed by atoms with E-state index >= 15 is 0 Å². The molecule has 1 aromatic heterocycles. The van der Waals surface area contributed by atoms with Gasteiger partial charge in [0.05, 0.1) is 0 Å². The Balaban J connectivity index is 1.84. The molecule has 0 aliphatic carbocycles. The lowest BCUT2D eigenvalue weighted by Crippen LogP contribution is -1.81. The SMILES string of the molecule is Clc1ccc(CSCc2sccc2Br)cc1. The number of benzene rings is 1. The van der Waals surface area contributed by atoms with Crippen LogP contribution in [0.5, 0.6) is 0 Å². The van der Waals surface area contributed by atoms with Crippen molar-refractivity contribution in [2.24, 2.45) is 0 Å². The van der Waals surface area contributed by atoms with E-state index in [2.05, 4.69) is 39.5 Å². The summed E-state index contributed by atoms with van der Waals surface area (Å²) >= 11 is 13.1. The van der Waals surface area contributed by atoms with Crippen LogP contribution >= 0.6 is 50.6 Å². The molecular weight excluding hydrogens is 324 g/mol. The Kier molecular flexibility index (Phi) is 4.77. The molecule has 0 aliphatic rings. The van der Waals surface area contributed by atoms with Gasteiger partial charge in [-0.05, 0) is 45.1 Å². The van der Waals surface area contributed by atoms with Gasteiger partial charge < -0.3 is 0 Å². The molecule has 0 N–H and O–H groups in total. The summed E-state index contributed by atoms with van der Waals surface area (Å²) in [5.74, 6) is 2.09. The van der Waals surface area contributed by atoms with Crippen LogP contribution in [0, 0.1) is 0 Å². The highest BCUT2D eigenvalue weighted by atomic mass is 79.9. The standard InChI is InChI=1S/C12H10BrClS2/c13-11-5-6-16-12(11)8-15-7-9-1-3-10(14)4-2-9/h1-6H,7-8H2. The van der Waals surface area contributed by atoms with Crippen LogP contribution in [0.4, 0.5) is 0 Å². The van der Waals surface area contributed by atoms with Crippen molar-refractivity contribution in [3.63, 3.8) is 0 Å². The molecule has 0 unspecified atom stereocenters. The van der Waals surface area contributed by atoms with E-state index in [1.807, 2.05) is 23.9 Å². The maximum absolute atomic E-state index is 5.84. The van der Waals surface area contributed by atoms with Gasteiger partial charge in [0.2, 0.25) is 0 Å². The molecule has 0 aliphatic heterocycles. The molecule has 0 spiro atoms. The largest absolute Gasteiger partial charge is 0.152 e. The summed E-state index contributed by atoms with van der Waals surface area (Å²) < 4.78 is 1.22. The van der Waals surface area contributed by atoms with Crippen LogP contribution in [0.3, 0.4) is 0 Å². The van der Waals surface area contributed by atoms with Crippen molar-refractivity contribution < 1.29 is 0 Å². The molecule has 0 amide bonds. The van der Waals surface area contributed by atoms with Gasteiger partial charge in [-0.15, -0.1) is 11.3 Å². The van der Waals surface area contributed by atoms with Gasteiger partial charge in [-0.2, -0.15) is 11.8 Å². The molecule has 0 nitrogen and oxygen atoms in total. The first-order chi connectivity index (χ1) is 7.75. The molecule has 0 saturated heterocycles. The second-order valence-corrected chi connectivity index (χ2v) is 6.59. The summed E-state index contributed by atoms with van der Waals surface area (Å²) in [4.78, 5) is 1.40. The summed E-state index contributed by atoms with van der Waals surface area (Å²) in [5.41, 5.74) is 1.32. The first kappa shape index (κ1) is 12.5. The third-order valence-electron chi connectivity index (χ3n) is 2.11. The molecule has 2 rings (SSSR count). The maximum Gasteiger partial charge on any atom is 0.0406 e. The van der Waals surface area contributed by atoms with E-state index in [-0.39, 0.29) is 0 Å². The van der Waals surface area contributed by atoms with E-state index in [1.165, 1.54) is 14.9 Å². The summed E-state index contributed by atoms with van der Waals surface area (Å²) in [6, 6.07) is 10.2. The minimum absolute atomic E-state index is 0.801. The van der Waals surface area contributed by atoms with Crippen molar-refractivity contribution in [2.75, 3.05) is 0 Å². The van der Waals surface area contributed by atoms with Crippen molar-refractivity contribution in [3.8, 4) is 0 Å². The minimum atomic E-state index is 0.801. The van der Waals surface area contributed by atoms with Crippen molar-refractivity contribution in [1.29, 1.82) is 0 Å². The summed E-state index contributed by atoms with van der Waals surface area (Å²) in [7, 11) is 0. The highest BCUT2D eigenvalue weighted by Crippen LogP contribution is 2.28. The molecule has 0 saturated carbocycles. The number of halogens is 2. The van der Waals surface area contributed by atoms with Crippen LogP contribution < -0.4 is 0 Å². The number of rotatable bonds is 4. The fraction of sp³-hybridized carbons (Fsp3) is 0.167. The number of hydrogen-bond acceptors (Lipinski definition) is 2. The zero-order valence-electron chi connectivity index (χ0n) is 8.45. The molecule has 1 heterocycles. The van der Waals surface area contributed by atoms with Gasteiger partial charge in [0.25, 0.3) is 0 Å². The van der Waals surface area contributed by atoms with Gasteiger partial charge in [-0.1, -0.05) is 23.7 Å². The van der Waals surface area contributed by atoms with Crippen molar-refractivity contribution in [1.82, 2.24) is 0 Å². The lowest BCUT2D eigenvalue weighted by atomic mass is 10.2. The third kappa shape index (κ3) is 3.52. The van der Waals surface area contributed by atoms with Gasteiger partial charge >= 0.3 is 0 Å². The van der Waals surface area contributed by atoms with E-state index in [1.54, 1.807) is 11.3 Å². The molecule has 0 atom stereocenters. The topological polar surface area (TPSA) is 0 Å². The molecule has 2 aromatic rings. The van der Waals surface area contributed by atoms with E-state index in [0.717, 1.165) is 16.5 Å². The Labute approximate surface area is 117 Å². The van der Waals surface area contributed by atoms with Gasteiger partial charge in [-0.25, -0.2) is 0 Å². The second kappa shape index (κ2) is 6.10. The molecular formula is C12H10BrClS2.